The third kappa shape index (κ3) is 1.36. The minimum Gasteiger partial charge on any atom is -0.326 e. The smallest absolute Gasteiger partial charge is 0.136 e. The monoisotopic (exact) mass is 197 g/mol. The normalized spacial score (nSPS) is 14.0. The number of nitrogens with zero attached hydrogens (tertiary/aromatic N) is 3. The summed E-state index contributed by atoms with van der Waals surface area (Å²) in [4.78, 5) is 10.4. The Hall–Kier alpha value is -1.90. The van der Waals surface area contributed by atoms with Gasteiger partial charge in [0.15, 0.2) is 0 Å². The number of para-hydroxylation sites is 1. The number of anilines is 2. The molecule has 0 atom stereocenters. The summed E-state index contributed by atoms with van der Waals surface area (Å²) in [5.41, 5.74) is 2.67. The van der Waals surface area contributed by atoms with E-state index in [0.717, 1.165) is 18.8 Å². The van der Waals surface area contributed by atoms with Gasteiger partial charge in [-0.15, -0.1) is 0 Å². The quantitative estimate of drug-likeness (QED) is 0.701. The van der Waals surface area contributed by atoms with Crippen LogP contribution >= 0.6 is 0 Å². The Morgan fingerprint density at radius 1 is 1.13 bits per heavy atom. The van der Waals surface area contributed by atoms with Crippen LogP contribution in [0.3, 0.4) is 0 Å². The van der Waals surface area contributed by atoms with E-state index in [9.17, 15) is 0 Å². The molecule has 74 valence electrons. The van der Waals surface area contributed by atoms with Crippen LogP contribution in [0.4, 0.5) is 11.5 Å². The van der Waals surface area contributed by atoms with E-state index in [-0.39, 0.29) is 0 Å². The molecule has 0 saturated carbocycles. The molecule has 3 heteroatoms. The first-order valence-electron chi connectivity index (χ1n) is 5.06. The van der Waals surface area contributed by atoms with E-state index in [0.29, 0.717) is 0 Å². The van der Waals surface area contributed by atoms with Crippen molar-refractivity contribution in [2.75, 3.05) is 11.4 Å². The molecule has 3 nitrogen and oxygen atoms in total. The minimum absolute atomic E-state index is 0.981. The van der Waals surface area contributed by atoms with Crippen molar-refractivity contribution in [3.63, 3.8) is 0 Å². The van der Waals surface area contributed by atoms with Crippen molar-refractivity contribution in [1.82, 2.24) is 9.97 Å². The van der Waals surface area contributed by atoms with Gasteiger partial charge in [-0.25, -0.2) is 9.97 Å². The SMILES string of the molecule is c1ccc2c(c1)CCN2c1ccncn1. The van der Waals surface area contributed by atoms with Crippen LogP contribution in [0.25, 0.3) is 0 Å². The fraction of sp³-hybridized carbons (Fsp3) is 0.167. The molecule has 1 aliphatic heterocycles. The van der Waals surface area contributed by atoms with Gasteiger partial charge in [0.05, 0.1) is 0 Å². The Balaban J connectivity index is 2.05. The van der Waals surface area contributed by atoms with Gasteiger partial charge in [0.1, 0.15) is 12.1 Å². The maximum Gasteiger partial charge on any atom is 0.136 e. The summed E-state index contributed by atoms with van der Waals surface area (Å²) >= 11 is 0. The molecule has 0 fully saturated rings. The van der Waals surface area contributed by atoms with Crippen molar-refractivity contribution in [1.29, 1.82) is 0 Å². The number of benzene rings is 1. The largest absolute Gasteiger partial charge is 0.326 e. The first kappa shape index (κ1) is 8.41. The summed E-state index contributed by atoms with van der Waals surface area (Å²) in [5.74, 6) is 0.981. The van der Waals surface area contributed by atoms with Gasteiger partial charge in [-0.1, -0.05) is 18.2 Å². The van der Waals surface area contributed by atoms with Gasteiger partial charge in [-0.2, -0.15) is 0 Å². The molecular weight excluding hydrogens is 186 g/mol. The average Bonchev–Trinajstić information content (AvgIpc) is 2.74. The number of fused-ring (bicyclic) bond motifs is 1. The predicted octanol–water partition coefficient (Wildman–Crippen LogP) is 2.17. The van der Waals surface area contributed by atoms with Crippen LogP contribution in [0.1, 0.15) is 5.56 Å². The first-order valence-corrected chi connectivity index (χ1v) is 5.06. The molecule has 0 spiro atoms. The highest BCUT2D eigenvalue weighted by Gasteiger charge is 2.19. The van der Waals surface area contributed by atoms with Crippen LogP contribution in [0, 0.1) is 0 Å². The van der Waals surface area contributed by atoms with Crippen molar-refractivity contribution in [3.8, 4) is 0 Å². The summed E-state index contributed by atoms with van der Waals surface area (Å²) < 4.78 is 0. The molecule has 0 N–H and O–H groups in total. The second-order valence-electron chi connectivity index (χ2n) is 3.60. The number of hydrogen-bond acceptors (Lipinski definition) is 3. The lowest BCUT2D eigenvalue weighted by molar-refractivity contribution is 0.964. The second kappa shape index (κ2) is 3.35. The third-order valence-electron chi connectivity index (χ3n) is 2.73. The first-order chi connectivity index (χ1) is 7.45. The maximum atomic E-state index is 4.27. The predicted molar refractivity (Wildman–Crippen MR) is 59.2 cm³/mol. The van der Waals surface area contributed by atoms with E-state index < -0.39 is 0 Å². The molecule has 0 bridgehead atoms. The lowest BCUT2D eigenvalue weighted by atomic mass is 10.2. The van der Waals surface area contributed by atoms with Crippen LogP contribution < -0.4 is 4.90 Å². The highest BCUT2D eigenvalue weighted by molar-refractivity contribution is 5.67. The molecule has 1 aliphatic rings. The summed E-state index contributed by atoms with van der Waals surface area (Å²) in [7, 11) is 0. The van der Waals surface area contributed by atoms with E-state index in [4.69, 9.17) is 0 Å². The Morgan fingerprint density at radius 2 is 2.07 bits per heavy atom. The Kier molecular flexibility index (Phi) is 1.88. The molecule has 3 rings (SSSR count). The van der Waals surface area contributed by atoms with E-state index >= 15 is 0 Å². The Bertz CT molecular complexity index is 467. The standard InChI is InChI=1S/C12H11N3/c1-2-4-11-10(3-1)6-8-15(11)12-5-7-13-9-14-12/h1-5,7,9H,6,8H2. The van der Waals surface area contributed by atoms with Gasteiger partial charge >= 0.3 is 0 Å². The average molecular weight is 197 g/mol. The zero-order valence-corrected chi connectivity index (χ0v) is 8.30. The lowest BCUT2D eigenvalue weighted by Crippen LogP contribution is -2.14. The summed E-state index contributed by atoms with van der Waals surface area (Å²) in [5, 5.41) is 0. The van der Waals surface area contributed by atoms with Crippen molar-refractivity contribution in [2.24, 2.45) is 0 Å². The van der Waals surface area contributed by atoms with E-state index in [1.165, 1.54) is 11.3 Å². The van der Waals surface area contributed by atoms with Gasteiger partial charge in [-0.05, 0) is 24.1 Å². The molecule has 0 amide bonds. The van der Waals surface area contributed by atoms with E-state index in [1.807, 2.05) is 6.07 Å². The second-order valence-corrected chi connectivity index (χ2v) is 3.60. The van der Waals surface area contributed by atoms with E-state index in [2.05, 4.69) is 39.1 Å². The van der Waals surface area contributed by atoms with Gasteiger partial charge in [0.2, 0.25) is 0 Å². The molecule has 1 aromatic carbocycles. The topological polar surface area (TPSA) is 29.0 Å². The van der Waals surface area contributed by atoms with Gasteiger partial charge in [0.25, 0.3) is 0 Å². The molecule has 2 heterocycles. The van der Waals surface area contributed by atoms with Crippen molar-refractivity contribution in [3.05, 3.63) is 48.4 Å². The molecule has 0 unspecified atom stereocenters. The van der Waals surface area contributed by atoms with Gasteiger partial charge < -0.3 is 4.90 Å². The molecule has 0 radical (unpaired) electrons. The van der Waals surface area contributed by atoms with Gasteiger partial charge in [-0.3, -0.25) is 0 Å². The highest BCUT2D eigenvalue weighted by Crippen LogP contribution is 2.32. The van der Waals surface area contributed by atoms with Crippen molar-refractivity contribution < 1.29 is 0 Å². The molecule has 1 aromatic heterocycles. The molecule has 2 aromatic rings. The molecule has 15 heavy (non-hydrogen) atoms. The summed E-state index contributed by atoms with van der Waals surface area (Å²) in [6.07, 6.45) is 4.47. The number of hydrogen-bond donors (Lipinski definition) is 0. The van der Waals surface area contributed by atoms with Crippen LogP contribution in [0.2, 0.25) is 0 Å². The zero-order chi connectivity index (χ0) is 10.1. The Labute approximate surface area is 88.4 Å². The minimum atomic E-state index is 0.981. The summed E-state index contributed by atoms with van der Waals surface area (Å²) in [6, 6.07) is 10.4. The lowest BCUT2D eigenvalue weighted by Gasteiger charge is -2.17. The van der Waals surface area contributed by atoms with Crippen LogP contribution in [0.5, 0.6) is 0 Å². The van der Waals surface area contributed by atoms with Crippen LogP contribution in [-0.2, 0) is 6.42 Å². The molecule has 0 saturated heterocycles. The fourth-order valence-electron chi connectivity index (χ4n) is 2.02. The van der Waals surface area contributed by atoms with Crippen molar-refractivity contribution in [2.45, 2.75) is 6.42 Å². The molecular formula is C12H11N3. The fourth-order valence-corrected chi connectivity index (χ4v) is 2.02. The van der Waals surface area contributed by atoms with E-state index in [1.54, 1.807) is 12.5 Å². The zero-order valence-electron chi connectivity index (χ0n) is 8.30. The van der Waals surface area contributed by atoms with Gasteiger partial charge in [0, 0.05) is 18.4 Å². The maximum absolute atomic E-state index is 4.27. The molecule has 0 aliphatic carbocycles. The highest BCUT2D eigenvalue weighted by atomic mass is 15.2. The summed E-state index contributed by atoms with van der Waals surface area (Å²) in [6.45, 7) is 1.01. The van der Waals surface area contributed by atoms with Crippen LogP contribution in [-0.4, -0.2) is 16.5 Å². The number of aromatic nitrogens is 2. The number of rotatable bonds is 1. The third-order valence-corrected chi connectivity index (χ3v) is 2.73. The van der Waals surface area contributed by atoms with Crippen molar-refractivity contribution >= 4 is 11.5 Å². The van der Waals surface area contributed by atoms with Crippen LogP contribution in [0.15, 0.2) is 42.9 Å². The Morgan fingerprint density at radius 3 is 2.93 bits per heavy atom.